The lowest BCUT2D eigenvalue weighted by molar-refractivity contribution is 0.599. The van der Waals surface area contributed by atoms with Gasteiger partial charge in [-0.25, -0.2) is 4.98 Å². The van der Waals surface area contributed by atoms with Crippen LogP contribution in [0.2, 0.25) is 0 Å². The number of hydrogen-bond donors (Lipinski definition) is 2. The van der Waals surface area contributed by atoms with Crippen LogP contribution in [0, 0.1) is 6.92 Å². The first-order valence-electron chi connectivity index (χ1n) is 6.06. The van der Waals surface area contributed by atoms with Gasteiger partial charge in [-0.1, -0.05) is 6.92 Å². The first kappa shape index (κ1) is 12.6. The van der Waals surface area contributed by atoms with E-state index < -0.39 is 0 Å². The fraction of sp³-hybridized carbons (Fsp3) is 0.385. The van der Waals surface area contributed by atoms with E-state index in [1.165, 1.54) is 0 Å². The Balaban J connectivity index is 2.44. The van der Waals surface area contributed by atoms with Gasteiger partial charge in [0.25, 0.3) is 0 Å². The molecule has 0 aliphatic rings. The molecule has 2 rings (SSSR count). The topological polar surface area (TPSA) is 68.8 Å². The summed E-state index contributed by atoms with van der Waals surface area (Å²) >= 11 is 0. The summed E-state index contributed by atoms with van der Waals surface area (Å²) in [7, 11) is 1.91. The van der Waals surface area contributed by atoms with E-state index in [0.29, 0.717) is 5.82 Å². The lowest BCUT2D eigenvalue weighted by atomic mass is 10.0. The third-order valence-corrected chi connectivity index (χ3v) is 2.84. The van der Waals surface area contributed by atoms with E-state index in [4.69, 9.17) is 5.73 Å². The average Bonchev–Trinajstić information content (AvgIpc) is 2.76. The minimum Gasteiger partial charge on any atom is -0.383 e. The van der Waals surface area contributed by atoms with Crippen molar-refractivity contribution in [3.8, 4) is 0 Å². The quantitative estimate of drug-likeness (QED) is 0.854. The van der Waals surface area contributed by atoms with E-state index in [-0.39, 0.29) is 6.04 Å². The monoisotopic (exact) mass is 245 g/mol. The summed E-state index contributed by atoms with van der Waals surface area (Å²) < 4.78 is 1.79. The van der Waals surface area contributed by atoms with Crippen LogP contribution in [0.1, 0.15) is 29.8 Å². The molecule has 2 aromatic heterocycles. The molecule has 1 atom stereocenters. The second-order valence-electron chi connectivity index (χ2n) is 4.39. The van der Waals surface area contributed by atoms with Crippen LogP contribution in [-0.4, -0.2) is 21.3 Å². The number of pyridine rings is 1. The van der Waals surface area contributed by atoms with Gasteiger partial charge in [-0.15, -0.1) is 0 Å². The highest BCUT2D eigenvalue weighted by Crippen LogP contribution is 2.25. The zero-order valence-electron chi connectivity index (χ0n) is 11.0. The average molecular weight is 245 g/mol. The molecule has 0 radical (unpaired) electrons. The highest BCUT2D eigenvalue weighted by atomic mass is 15.3. The highest BCUT2D eigenvalue weighted by molar-refractivity contribution is 5.45. The number of anilines is 1. The van der Waals surface area contributed by atoms with Crippen molar-refractivity contribution < 1.29 is 0 Å². The van der Waals surface area contributed by atoms with Crippen LogP contribution in [-0.2, 0) is 7.05 Å². The van der Waals surface area contributed by atoms with Gasteiger partial charge < -0.3 is 11.1 Å². The molecular formula is C13H19N5. The van der Waals surface area contributed by atoms with Crippen molar-refractivity contribution in [3.05, 3.63) is 41.3 Å². The van der Waals surface area contributed by atoms with Gasteiger partial charge in [0.05, 0.1) is 11.7 Å². The molecule has 18 heavy (non-hydrogen) atoms. The maximum Gasteiger partial charge on any atom is 0.128 e. The molecule has 0 aliphatic heterocycles. The number of aromatic nitrogens is 3. The predicted octanol–water partition coefficient (Wildman–Crippen LogP) is 1.40. The second kappa shape index (κ2) is 5.18. The Labute approximate surface area is 107 Å². The van der Waals surface area contributed by atoms with Crippen molar-refractivity contribution in [1.82, 2.24) is 20.1 Å². The maximum absolute atomic E-state index is 5.98. The summed E-state index contributed by atoms with van der Waals surface area (Å²) in [6.07, 6.45) is 3.71. The van der Waals surface area contributed by atoms with Gasteiger partial charge in [0.2, 0.25) is 0 Å². The zero-order valence-corrected chi connectivity index (χ0v) is 11.0. The van der Waals surface area contributed by atoms with E-state index >= 15 is 0 Å². The Morgan fingerprint density at radius 1 is 1.50 bits per heavy atom. The largest absolute Gasteiger partial charge is 0.383 e. The summed E-state index contributed by atoms with van der Waals surface area (Å²) in [5.41, 5.74) is 9.01. The summed E-state index contributed by atoms with van der Waals surface area (Å²) in [5, 5.41) is 7.85. The SMILES string of the molecule is CCNC(c1ccn(C)n1)c1cc(C)cnc1N. The number of rotatable bonds is 4. The third kappa shape index (κ3) is 2.51. The van der Waals surface area contributed by atoms with Gasteiger partial charge in [0.15, 0.2) is 0 Å². The first-order chi connectivity index (χ1) is 8.61. The molecule has 5 heteroatoms. The molecule has 1 unspecified atom stereocenters. The highest BCUT2D eigenvalue weighted by Gasteiger charge is 2.18. The van der Waals surface area contributed by atoms with Gasteiger partial charge >= 0.3 is 0 Å². The van der Waals surface area contributed by atoms with E-state index in [1.807, 2.05) is 26.2 Å². The van der Waals surface area contributed by atoms with Gasteiger partial charge in [0, 0.05) is 25.0 Å². The van der Waals surface area contributed by atoms with Crippen molar-refractivity contribution in [1.29, 1.82) is 0 Å². The summed E-state index contributed by atoms with van der Waals surface area (Å²) in [6.45, 7) is 4.92. The molecule has 0 spiro atoms. The first-order valence-corrected chi connectivity index (χ1v) is 6.06. The molecule has 0 saturated heterocycles. The Morgan fingerprint density at radius 3 is 2.89 bits per heavy atom. The molecule has 2 heterocycles. The Morgan fingerprint density at radius 2 is 2.28 bits per heavy atom. The lowest BCUT2D eigenvalue weighted by Gasteiger charge is -2.18. The lowest BCUT2D eigenvalue weighted by Crippen LogP contribution is -2.24. The van der Waals surface area contributed by atoms with Crippen molar-refractivity contribution in [2.45, 2.75) is 19.9 Å². The summed E-state index contributed by atoms with van der Waals surface area (Å²) in [4.78, 5) is 4.22. The molecule has 0 aromatic carbocycles. The summed E-state index contributed by atoms with van der Waals surface area (Å²) in [5.74, 6) is 0.553. The minimum atomic E-state index is -0.0106. The molecule has 0 amide bonds. The molecular weight excluding hydrogens is 226 g/mol. The minimum absolute atomic E-state index is 0.0106. The van der Waals surface area contributed by atoms with E-state index in [2.05, 4.69) is 28.4 Å². The molecule has 2 aromatic rings. The van der Waals surface area contributed by atoms with Crippen LogP contribution in [0.5, 0.6) is 0 Å². The van der Waals surface area contributed by atoms with Crippen LogP contribution in [0.4, 0.5) is 5.82 Å². The Hall–Kier alpha value is -1.88. The van der Waals surface area contributed by atoms with E-state index in [9.17, 15) is 0 Å². The molecule has 0 aliphatic carbocycles. The van der Waals surface area contributed by atoms with Crippen molar-refractivity contribution in [3.63, 3.8) is 0 Å². The zero-order chi connectivity index (χ0) is 13.1. The van der Waals surface area contributed by atoms with Crippen molar-refractivity contribution in [2.24, 2.45) is 7.05 Å². The number of hydrogen-bond acceptors (Lipinski definition) is 4. The molecule has 0 saturated carbocycles. The molecule has 5 nitrogen and oxygen atoms in total. The molecule has 0 bridgehead atoms. The second-order valence-corrected chi connectivity index (χ2v) is 4.39. The van der Waals surface area contributed by atoms with E-state index in [1.54, 1.807) is 10.9 Å². The van der Waals surface area contributed by atoms with Crippen LogP contribution >= 0.6 is 0 Å². The predicted molar refractivity (Wildman–Crippen MR) is 72.1 cm³/mol. The normalized spacial score (nSPS) is 12.6. The van der Waals surface area contributed by atoms with Crippen molar-refractivity contribution >= 4 is 5.82 Å². The number of nitrogens with zero attached hydrogens (tertiary/aromatic N) is 3. The number of nitrogens with one attached hydrogen (secondary N) is 1. The molecule has 0 fully saturated rings. The van der Waals surface area contributed by atoms with Crippen LogP contribution < -0.4 is 11.1 Å². The Kier molecular flexibility index (Phi) is 3.62. The molecule has 3 N–H and O–H groups in total. The van der Waals surface area contributed by atoms with Gasteiger partial charge in [0.1, 0.15) is 5.82 Å². The van der Waals surface area contributed by atoms with Crippen molar-refractivity contribution in [2.75, 3.05) is 12.3 Å². The fourth-order valence-corrected chi connectivity index (χ4v) is 2.00. The van der Waals surface area contributed by atoms with Crippen LogP contribution in [0.3, 0.4) is 0 Å². The standard InChI is InChI=1S/C13H19N5/c1-4-15-12(11-5-6-18(3)17-11)10-7-9(2)8-16-13(10)14/h5-8,12,15H,4H2,1-3H3,(H2,14,16). The van der Waals surface area contributed by atoms with E-state index in [0.717, 1.165) is 23.4 Å². The van der Waals surface area contributed by atoms with Gasteiger partial charge in [-0.3, -0.25) is 4.68 Å². The third-order valence-electron chi connectivity index (χ3n) is 2.84. The fourth-order valence-electron chi connectivity index (χ4n) is 2.00. The number of nitrogen functional groups attached to an aromatic ring is 1. The maximum atomic E-state index is 5.98. The summed E-state index contributed by atoms with van der Waals surface area (Å²) in [6, 6.07) is 4.04. The number of aryl methyl sites for hydroxylation is 2. The van der Waals surface area contributed by atoms with Gasteiger partial charge in [-0.05, 0) is 31.2 Å². The van der Waals surface area contributed by atoms with Crippen LogP contribution in [0.15, 0.2) is 24.5 Å². The van der Waals surface area contributed by atoms with Crippen LogP contribution in [0.25, 0.3) is 0 Å². The number of nitrogens with two attached hydrogens (primary N) is 1. The Bertz CT molecular complexity index is 532. The smallest absolute Gasteiger partial charge is 0.128 e. The van der Waals surface area contributed by atoms with Gasteiger partial charge in [-0.2, -0.15) is 5.10 Å². The molecule has 96 valence electrons.